The minimum atomic E-state index is 0.448. The first-order chi connectivity index (χ1) is 9.19. The van der Waals surface area contributed by atoms with Crippen LogP contribution in [0.1, 0.15) is 16.7 Å². The molecule has 0 bridgehead atoms. The van der Waals surface area contributed by atoms with Gasteiger partial charge in [0.05, 0.1) is 12.5 Å². The third-order valence-corrected chi connectivity index (χ3v) is 3.28. The van der Waals surface area contributed by atoms with Crippen LogP contribution >= 0.6 is 11.6 Å². The molecule has 0 radical (unpaired) electrons. The van der Waals surface area contributed by atoms with Crippen LogP contribution in [0.2, 0.25) is 5.02 Å². The molecule has 0 saturated carbocycles. The molecule has 0 aliphatic heterocycles. The van der Waals surface area contributed by atoms with E-state index >= 15 is 0 Å². The lowest BCUT2D eigenvalue weighted by atomic mass is 10.1. The molecular formula is C16H15ClN2. The second-order valence-corrected chi connectivity index (χ2v) is 4.89. The number of halogens is 1. The summed E-state index contributed by atoms with van der Waals surface area (Å²) in [7, 11) is 0. The summed E-state index contributed by atoms with van der Waals surface area (Å²) in [6.07, 6.45) is 0.448. The van der Waals surface area contributed by atoms with Crippen molar-refractivity contribution in [2.45, 2.75) is 19.9 Å². The van der Waals surface area contributed by atoms with Gasteiger partial charge >= 0.3 is 0 Å². The summed E-state index contributed by atoms with van der Waals surface area (Å²) >= 11 is 6.19. The van der Waals surface area contributed by atoms with Crippen molar-refractivity contribution in [1.29, 1.82) is 5.26 Å². The van der Waals surface area contributed by atoms with Crippen LogP contribution in [0.15, 0.2) is 42.5 Å². The normalized spacial score (nSPS) is 9.95. The van der Waals surface area contributed by atoms with E-state index in [0.717, 1.165) is 27.4 Å². The van der Waals surface area contributed by atoms with Crippen molar-refractivity contribution < 1.29 is 0 Å². The summed E-state index contributed by atoms with van der Waals surface area (Å²) in [5.41, 5.74) is 4.29. The number of benzene rings is 2. The van der Waals surface area contributed by atoms with Gasteiger partial charge in [-0.3, -0.25) is 0 Å². The lowest BCUT2D eigenvalue weighted by molar-refractivity contribution is 1.14. The molecule has 0 spiro atoms. The van der Waals surface area contributed by atoms with Crippen molar-refractivity contribution in [2.24, 2.45) is 0 Å². The zero-order chi connectivity index (χ0) is 13.7. The molecule has 0 aliphatic rings. The summed E-state index contributed by atoms with van der Waals surface area (Å²) in [4.78, 5) is 0. The fourth-order valence-electron chi connectivity index (χ4n) is 1.82. The molecule has 19 heavy (non-hydrogen) atoms. The monoisotopic (exact) mass is 270 g/mol. The molecule has 0 amide bonds. The summed E-state index contributed by atoms with van der Waals surface area (Å²) in [6.45, 7) is 2.72. The predicted octanol–water partition coefficient (Wildman–Crippen LogP) is 4.33. The Bertz CT molecular complexity index is 597. The zero-order valence-electron chi connectivity index (χ0n) is 10.8. The van der Waals surface area contributed by atoms with Crippen molar-refractivity contribution in [3.63, 3.8) is 0 Å². The quantitative estimate of drug-likeness (QED) is 0.898. The number of rotatable bonds is 4. The zero-order valence-corrected chi connectivity index (χ0v) is 11.5. The number of nitrogens with one attached hydrogen (secondary N) is 1. The van der Waals surface area contributed by atoms with Crippen LogP contribution < -0.4 is 5.32 Å². The molecular weight excluding hydrogens is 256 g/mol. The first-order valence-corrected chi connectivity index (χ1v) is 6.51. The average Bonchev–Trinajstić information content (AvgIpc) is 2.40. The van der Waals surface area contributed by atoms with Gasteiger partial charge in [-0.2, -0.15) is 5.26 Å². The maximum Gasteiger partial charge on any atom is 0.0669 e. The Hall–Kier alpha value is -1.98. The first kappa shape index (κ1) is 13.5. The summed E-state index contributed by atoms with van der Waals surface area (Å²) in [5, 5.41) is 12.7. The van der Waals surface area contributed by atoms with E-state index in [4.69, 9.17) is 16.9 Å². The lowest BCUT2D eigenvalue weighted by Gasteiger charge is -2.09. The second kappa shape index (κ2) is 6.26. The van der Waals surface area contributed by atoms with E-state index in [9.17, 15) is 0 Å². The minimum Gasteiger partial charge on any atom is -0.381 e. The molecule has 0 unspecified atom stereocenters. The predicted molar refractivity (Wildman–Crippen MR) is 79.3 cm³/mol. The Kier molecular flexibility index (Phi) is 4.43. The maximum absolute atomic E-state index is 8.61. The first-order valence-electron chi connectivity index (χ1n) is 6.14. The van der Waals surface area contributed by atoms with Crippen molar-refractivity contribution in [3.05, 3.63) is 64.2 Å². The van der Waals surface area contributed by atoms with Gasteiger partial charge in [0.15, 0.2) is 0 Å². The molecule has 96 valence electrons. The van der Waals surface area contributed by atoms with Crippen LogP contribution in [0.5, 0.6) is 0 Å². The Labute approximate surface area is 118 Å². The van der Waals surface area contributed by atoms with Gasteiger partial charge in [0.25, 0.3) is 0 Å². The fourth-order valence-corrected chi connectivity index (χ4v) is 2.13. The van der Waals surface area contributed by atoms with E-state index in [0.29, 0.717) is 13.0 Å². The highest BCUT2D eigenvalue weighted by Crippen LogP contribution is 2.19. The minimum absolute atomic E-state index is 0.448. The van der Waals surface area contributed by atoms with Gasteiger partial charge < -0.3 is 5.32 Å². The van der Waals surface area contributed by atoms with Gasteiger partial charge in [0, 0.05) is 17.3 Å². The van der Waals surface area contributed by atoms with Crippen molar-refractivity contribution in [3.8, 4) is 6.07 Å². The Morgan fingerprint density at radius 3 is 2.53 bits per heavy atom. The van der Waals surface area contributed by atoms with Crippen LogP contribution in [0, 0.1) is 18.3 Å². The number of nitriles is 1. The van der Waals surface area contributed by atoms with E-state index < -0.39 is 0 Å². The van der Waals surface area contributed by atoms with E-state index in [2.05, 4.69) is 17.5 Å². The van der Waals surface area contributed by atoms with Crippen LogP contribution in [-0.2, 0) is 13.0 Å². The number of anilines is 1. The molecule has 0 fully saturated rings. The molecule has 2 nitrogen and oxygen atoms in total. The average molecular weight is 271 g/mol. The smallest absolute Gasteiger partial charge is 0.0669 e. The topological polar surface area (TPSA) is 35.8 Å². The molecule has 0 aromatic heterocycles. The molecule has 0 saturated heterocycles. The Morgan fingerprint density at radius 2 is 1.89 bits per heavy atom. The second-order valence-electron chi connectivity index (χ2n) is 4.48. The lowest BCUT2D eigenvalue weighted by Crippen LogP contribution is -2.00. The Morgan fingerprint density at radius 1 is 1.16 bits per heavy atom. The van der Waals surface area contributed by atoms with Crippen LogP contribution in [-0.4, -0.2) is 0 Å². The molecule has 2 aromatic rings. The van der Waals surface area contributed by atoms with Gasteiger partial charge in [-0.1, -0.05) is 35.9 Å². The van der Waals surface area contributed by atoms with E-state index in [1.807, 2.05) is 43.3 Å². The molecule has 2 rings (SSSR count). The molecule has 0 aliphatic carbocycles. The number of aryl methyl sites for hydroxylation is 1. The van der Waals surface area contributed by atoms with Gasteiger partial charge in [0.2, 0.25) is 0 Å². The third-order valence-electron chi connectivity index (χ3n) is 2.93. The van der Waals surface area contributed by atoms with Crippen LogP contribution in [0.3, 0.4) is 0 Å². The third kappa shape index (κ3) is 3.74. The van der Waals surface area contributed by atoms with Gasteiger partial charge in [-0.25, -0.2) is 0 Å². The van der Waals surface area contributed by atoms with Gasteiger partial charge in [-0.15, -0.1) is 0 Å². The van der Waals surface area contributed by atoms with E-state index in [-0.39, 0.29) is 0 Å². The van der Waals surface area contributed by atoms with Crippen molar-refractivity contribution >= 4 is 17.3 Å². The number of hydrogen-bond donors (Lipinski definition) is 1. The highest BCUT2D eigenvalue weighted by molar-refractivity contribution is 6.31. The number of hydrogen-bond acceptors (Lipinski definition) is 2. The molecule has 0 heterocycles. The van der Waals surface area contributed by atoms with Gasteiger partial charge in [0.1, 0.15) is 0 Å². The molecule has 0 atom stereocenters. The van der Waals surface area contributed by atoms with Crippen LogP contribution in [0.4, 0.5) is 5.69 Å². The van der Waals surface area contributed by atoms with E-state index in [1.165, 1.54) is 0 Å². The largest absolute Gasteiger partial charge is 0.381 e. The highest BCUT2D eigenvalue weighted by Gasteiger charge is 2.00. The summed E-state index contributed by atoms with van der Waals surface area (Å²) in [5.74, 6) is 0. The van der Waals surface area contributed by atoms with Crippen molar-refractivity contribution in [2.75, 3.05) is 5.32 Å². The summed E-state index contributed by atoms with van der Waals surface area (Å²) < 4.78 is 0. The molecule has 1 N–H and O–H groups in total. The molecule has 3 heteroatoms. The van der Waals surface area contributed by atoms with E-state index in [1.54, 1.807) is 0 Å². The number of nitrogens with zero attached hydrogens (tertiary/aromatic N) is 1. The fraction of sp³-hybridized carbons (Fsp3) is 0.188. The van der Waals surface area contributed by atoms with Gasteiger partial charge in [-0.05, 0) is 41.8 Å². The maximum atomic E-state index is 8.61. The Balaban J connectivity index is 2.00. The molecule has 2 aromatic carbocycles. The highest BCUT2D eigenvalue weighted by atomic mass is 35.5. The summed E-state index contributed by atoms with van der Waals surface area (Å²) in [6, 6.07) is 16.1. The van der Waals surface area contributed by atoms with Crippen molar-refractivity contribution in [1.82, 2.24) is 0 Å². The SMILES string of the molecule is Cc1ccc(CNc2ccc(CC#N)cc2)c(Cl)c1. The standard InChI is InChI=1S/C16H15ClN2/c1-12-2-5-14(16(17)10-12)11-19-15-6-3-13(4-7-15)8-9-18/h2-7,10,19H,8,11H2,1H3. The van der Waals surface area contributed by atoms with Crippen LogP contribution in [0.25, 0.3) is 0 Å².